The third-order valence-electron chi connectivity index (χ3n) is 4.95. The van der Waals surface area contributed by atoms with Crippen molar-refractivity contribution in [1.29, 1.82) is 0 Å². The molecule has 0 unspecified atom stereocenters. The molecule has 0 spiro atoms. The van der Waals surface area contributed by atoms with E-state index in [-0.39, 0.29) is 10.8 Å². The van der Waals surface area contributed by atoms with Gasteiger partial charge in [0.1, 0.15) is 5.75 Å². The van der Waals surface area contributed by atoms with Crippen LogP contribution in [0.1, 0.15) is 24.5 Å². The lowest BCUT2D eigenvalue weighted by Crippen LogP contribution is -2.32. The molecule has 0 aliphatic carbocycles. The van der Waals surface area contributed by atoms with Crippen molar-refractivity contribution in [2.75, 3.05) is 10.0 Å². The van der Waals surface area contributed by atoms with Crippen LogP contribution in [0.15, 0.2) is 77.7 Å². The minimum atomic E-state index is -3.72. The molecule has 31 heavy (non-hydrogen) atoms. The van der Waals surface area contributed by atoms with Gasteiger partial charge in [0.25, 0.3) is 15.9 Å². The van der Waals surface area contributed by atoms with Crippen LogP contribution in [0.5, 0.6) is 5.75 Å². The molecule has 2 N–H and O–H groups in total. The SMILES string of the molecule is CC[C@@H](Oc1cccc(C)c1C)C(=O)Nc1ccc(S(=O)(=O)Nc2ccccc2)cc1. The smallest absolute Gasteiger partial charge is 0.265 e. The molecular weight excluding hydrogens is 412 g/mol. The van der Waals surface area contributed by atoms with Gasteiger partial charge in [0.05, 0.1) is 4.90 Å². The predicted octanol–water partition coefficient (Wildman–Crippen LogP) is 4.90. The summed E-state index contributed by atoms with van der Waals surface area (Å²) in [5.74, 6) is 0.386. The van der Waals surface area contributed by atoms with E-state index in [2.05, 4.69) is 10.0 Å². The summed E-state index contributed by atoms with van der Waals surface area (Å²) in [6.07, 6.45) is -0.171. The van der Waals surface area contributed by atoms with Crippen LogP contribution in [0.25, 0.3) is 0 Å². The maximum absolute atomic E-state index is 12.7. The Labute approximate surface area is 183 Å². The molecule has 7 heteroatoms. The van der Waals surface area contributed by atoms with E-state index in [1.165, 1.54) is 12.1 Å². The van der Waals surface area contributed by atoms with Gasteiger partial charge in [0.15, 0.2) is 6.10 Å². The lowest BCUT2D eigenvalue weighted by molar-refractivity contribution is -0.122. The van der Waals surface area contributed by atoms with E-state index in [0.29, 0.717) is 23.5 Å². The molecule has 162 valence electrons. The summed E-state index contributed by atoms with van der Waals surface area (Å²) in [4.78, 5) is 12.8. The zero-order valence-corrected chi connectivity index (χ0v) is 18.6. The summed E-state index contributed by atoms with van der Waals surface area (Å²) in [6.45, 7) is 5.82. The Morgan fingerprint density at radius 3 is 2.23 bits per heavy atom. The van der Waals surface area contributed by atoms with Crippen molar-refractivity contribution >= 4 is 27.3 Å². The van der Waals surface area contributed by atoms with Crippen LogP contribution in [0, 0.1) is 13.8 Å². The molecule has 1 amide bonds. The number of aryl methyl sites for hydroxylation is 1. The van der Waals surface area contributed by atoms with Crippen LogP contribution < -0.4 is 14.8 Å². The highest BCUT2D eigenvalue weighted by atomic mass is 32.2. The molecule has 0 heterocycles. The second-order valence-electron chi connectivity index (χ2n) is 7.20. The van der Waals surface area contributed by atoms with E-state index in [9.17, 15) is 13.2 Å². The summed E-state index contributed by atoms with van der Waals surface area (Å²) in [6, 6.07) is 20.4. The van der Waals surface area contributed by atoms with Crippen molar-refractivity contribution in [1.82, 2.24) is 0 Å². The molecule has 0 bridgehead atoms. The molecule has 0 aliphatic heterocycles. The molecule has 1 atom stereocenters. The number of nitrogens with one attached hydrogen (secondary N) is 2. The topological polar surface area (TPSA) is 84.5 Å². The summed E-state index contributed by atoms with van der Waals surface area (Å²) in [5, 5.41) is 2.80. The van der Waals surface area contributed by atoms with Crippen molar-refractivity contribution < 1.29 is 17.9 Å². The van der Waals surface area contributed by atoms with Gasteiger partial charge < -0.3 is 10.1 Å². The molecular formula is C24H26N2O4S. The fourth-order valence-corrected chi connectivity index (χ4v) is 4.05. The van der Waals surface area contributed by atoms with Gasteiger partial charge in [-0.2, -0.15) is 0 Å². The number of benzene rings is 3. The Morgan fingerprint density at radius 1 is 0.903 bits per heavy atom. The standard InChI is InChI=1S/C24H26N2O4S/c1-4-22(30-23-12-8-9-17(2)18(23)3)24(27)25-19-13-15-21(16-14-19)31(28,29)26-20-10-6-5-7-11-20/h5-16,22,26H,4H2,1-3H3,(H,25,27)/t22-/m1/s1. The van der Waals surface area contributed by atoms with Crippen LogP contribution in [-0.4, -0.2) is 20.4 Å². The fourth-order valence-electron chi connectivity index (χ4n) is 2.99. The summed E-state index contributed by atoms with van der Waals surface area (Å²) >= 11 is 0. The van der Waals surface area contributed by atoms with Crippen LogP contribution in [0.2, 0.25) is 0 Å². The average Bonchev–Trinajstić information content (AvgIpc) is 2.75. The summed E-state index contributed by atoms with van der Waals surface area (Å²) in [7, 11) is -3.72. The van der Waals surface area contributed by atoms with Crippen LogP contribution in [0.3, 0.4) is 0 Å². The number of carbonyl (C=O) groups excluding carboxylic acids is 1. The number of para-hydroxylation sites is 1. The van der Waals surface area contributed by atoms with Crippen molar-refractivity contribution in [3.8, 4) is 5.75 Å². The maximum atomic E-state index is 12.7. The van der Waals surface area contributed by atoms with Crippen LogP contribution in [-0.2, 0) is 14.8 Å². The number of amides is 1. The van der Waals surface area contributed by atoms with Gasteiger partial charge in [-0.25, -0.2) is 8.42 Å². The highest BCUT2D eigenvalue weighted by Crippen LogP contribution is 2.23. The Hall–Kier alpha value is -3.32. The van der Waals surface area contributed by atoms with E-state index >= 15 is 0 Å². The highest BCUT2D eigenvalue weighted by molar-refractivity contribution is 7.92. The van der Waals surface area contributed by atoms with Gasteiger partial charge in [0.2, 0.25) is 0 Å². The van der Waals surface area contributed by atoms with E-state index in [1.807, 2.05) is 45.0 Å². The molecule has 0 radical (unpaired) electrons. The number of rotatable bonds is 8. The number of hydrogen-bond acceptors (Lipinski definition) is 4. The van der Waals surface area contributed by atoms with Gasteiger partial charge in [-0.15, -0.1) is 0 Å². The predicted molar refractivity (Wildman–Crippen MR) is 123 cm³/mol. The van der Waals surface area contributed by atoms with E-state index in [1.54, 1.807) is 36.4 Å². The molecule has 3 aromatic carbocycles. The maximum Gasteiger partial charge on any atom is 0.265 e. The molecule has 0 aromatic heterocycles. The minimum absolute atomic E-state index is 0.105. The summed E-state index contributed by atoms with van der Waals surface area (Å²) < 4.78 is 33.5. The average molecular weight is 439 g/mol. The first kappa shape index (κ1) is 22.4. The second kappa shape index (κ2) is 9.66. The quantitative estimate of drug-likeness (QED) is 0.524. The fraction of sp³-hybridized carbons (Fsp3) is 0.208. The third-order valence-corrected chi connectivity index (χ3v) is 6.34. The summed E-state index contributed by atoms with van der Waals surface area (Å²) in [5.41, 5.74) is 3.06. The first-order valence-electron chi connectivity index (χ1n) is 10.0. The number of ether oxygens (including phenoxy) is 1. The van der Waals surface area contributed by atoms with Gasteiger partial charge in [-0.1, -0.05) is 37.3 Å². The van der Waals surface area contributed by atoms with E-state index in [4.69, 9.17) is 4.74 Å². The van der Waals surface area contributed by atoms with Crippen LogP contribution >= 0.6 is 0 Å². The third kappa shape index (κ3) is 5.64. The Balaban J connectivity index is 1.68. The van der Waals surface area contributed by atoms with Gasteiger partial charge in [-0.05, 0) is 73.9 Å². The molecule has 3 rings (SSSR count). The van der Waals surface area contributed by atoms with Crippen LogP contribution in [0.4, 0.5) is 11.4 Å². The lowest BCUT2D eigenvalue weighted by atomic mass is 10.1. The Morgan fingerprint density at radius 2 is 1.58 bits per heavy atom. The Bertz CT molecular complexity index is 1140. The van der Waals surface area contributed by atoms with Crippen molar-refractivity contribution in [2.24, 2.45) is 0 Å². The minimum Gasteiger partial charge on any atom is -0.480 e. The largest absolute Gasteiger partial charge is 0.480 e. The molecule has 0 aliphatic rings. The molecule has 3 aromatic rings. The highest BCUT2D eigenvalue weighted by Gasteiger charge is 2.20. The zero-order valence-electron chi connectivity index (χ0n) is 17.8. The molecule has 6 nitrogen and oxygen atoms in total. The van der Waals surface area contributed by atoms with Gasteiger partial charge in [0, 0.05) is 11.4 Å². The molecule has 0 fully saturated rings. The van der Waals surface area contributed by atoms with E-state index < -0.39 is 16.1 Å². The monoisotopic (exact) mass is 438 g/mol. The van der Waals surface area contributed by atoms with Crippen molar-refractivity contribution in [2.45, 2.75) is 38.2 Å². The van der Waals surface area contributed by atoms with Gasteiger partial charge in [-0.3, -0.25) is 9.52 Å². The van der Waals surface area contributed by atoms with Crippen molar-refractivity contribution in [3.63, 3.8) is 0 Å². The second-order valence-corrected chi connectivity index (χ2v) is 8.88. The first-order valence-corrected chi connectivity index (χ1v) is 11.5. The van der Waals surface area contributed by atoms with E-state index in [0.717, 1.165) is 11.1 Å². The number of hydrogen-bond donors (Lipinski definition) is 2. The normalized spacial score (nSPS) is 12.1. The van der Waals surface area contributed by atoms with Crippen molar-refractivity contribution in [3.05, 3.63) is 83.9 Å². The number of sulfonamides is 1. The lowest BCUT2D eigenvalue weighted by Gasteiger charge is -2.19. The van der Waals surface area contributed by atoms with Gasteiger partial charge >= 0.3 is 0 Å². The number of anilines is 2. The molecule has 0 saturated heterocycles. The zero-order chi connectivity index (χ0) is 22.4. The number of carbonyl (C=O) groups is 1. The Kier molecular flexibility index (Phi) is 6.97. The first-order chi connectivity index (χ1) is 14.8. The molecule has 0 saturated carbocycles.